The highest BCUT2D eigenvalue weighted by atomic mass is 35.5. The highest BCUT2D eigenvalue weighted by molar-refractivity contribution is 8.00. The van der Waals surface area contributed by atoms with E-state index in [1.165, 1.54) is 11.8 Å². The molecule has 3 N–H and O–H groups in total. The van der Waals surface area contributed by atoms with Crippen molar-refractivity contribution in [3.05, 3.63) is 47.2 Å². The maximum absolute atomic E-state index is 11.9. The Kier molecular flexibility index (Phi) is 4.87. The number of aromatic nitrogens is 1. The highest BCUT2D eigenvalue weighted by Crippen LogP contribution is 2.24. The van der Waals surface area contributed by atoms with Crippen LogP contribution in [0.5, 0.6) is 0 Å². The number of halogens is 1. The minimum Gasteiger partial charge on any atom is -0.397 e. The summed E-state index contributed by atoms with van der Waals surface area (Å²) in [5.74, 6) is 0.202. The summed E-state index contributed by atoms with van der Waals surface area (Å²) in [7, 11) is 0. The SMILES string of the molecule is Cc1cc(Cl)ccc1NC(=O)CSc1ccncc1N. The highest BCUT2D eigenvalue weighted by Gasteiger charge is 2.07. The van der Waals surface area contributed by atoms with E-state index in [0.717, 1.165) is 16.1 Å². The standard InChI is InChI=1S/C14H14ClN3OS/c1-9-6-10(15)2-3-12(9)18-14(19)8-20-13-4-5-17-7-11(13)16/h2-7H,8,16H2,1H3,(H,18,19). The van der Waals surface area contributed by atoms with Crippen molar-refractivity contribution in [3.63, 3.8) is 0 Å². The van der Waals surface area contributed by atoms with Crippen molar-refractivity contribution < 1.29 is 4.79 Å². The molecule has 0 fully saturated rings. The first-order valence-electron chi connectivity index (χ1n) is 5.94. The molecular formula is C14H14ClN3OS. The molecule has 0 spiro atoms. The van der Waals surface area contributed by atoms with Gasteiger partial charge in [-0.15, -0.1) is 11.8 Å². The van der Waals surface area contributed by atoms with Crippen molar-refractivity contribution in [2.75, 3.05) is 16.8 Å². The lowest BCUT2D eigenvalue weighted by molar-refractivity contribution is -0.113. The van der Waals surface area contributed by atoms with Crippen LogP contribution in [0.25, 0.3) is 0 Å². The van der Waals surface area contributed by atoms with Gasteiger partial charge in [0, 0.05) is 21.8 Å². The number of nitrogen functional groups attached to an aromatic ring is 1. The molecule has 0 radical (unpaired) electrons. The first kappa shape index (κ1) is 14.7. The van der Waals surface area contributed by atoms with Gasteiger partial charge in [-0.05, 0) is 36.8 Å². The molecule has 1 aromatic carbocycles. The van der Waals surface area contributed by atoms with Crippen LogP contribution < -0.4 is 11.1 Å². The van der Waals surface area contributed by atoms with Crippen LogP contribution in [0.2, 0.25) is 5.02 Å². The molecule has 4 nitrogen and oxygen atoms in total. The van der Waals surface area contributed by atoms with Gasteiger partial charge in [0.25, 0.3) is 0 Å². The molecule has 1 aromatic heterocycles. The minimum atomic E-state index is -0.0864. The number of nitrogens with one attached hydrogen (secondary N) is 1. The molecular weight excluding hydrogens is 294 g/mol. The average Bonchev–Trinajstić information content (AvgIpc) is 2.41. The van der Waals surface area contributed by atoms with Crippen molar-refractivity contribution in [1.29, 1.82) is 0 Å². The molecule has 0 bridgehead atoms. The van der Waals surface area contributed by atoms with E-state index in [4.69, 9.17) is 17.3 Å². The number of carbonyl (C=O) groups excluding carboxylic acids is 1. The Balaban J connectivity index is 1.94. The van der Waals surface area contributed by atoms with Gasteiger partial charge in [-0.3, -0.25) is 9.78 Å². The maximum Gasteiger partial charge on any atom is 0.234 e. The lowest BCUT2D eigenvalue weighted by Crippen LogP contribution is -2.14. The van der Waals surface area contributed by atoms with Gasteiger partial charge >= 0.3 is 0 Å². The molecule has 0 saturated carbocycles. The van der Waals surface area contributed by atoms with Crippen LogP contribution in [0.15, 0.2) is 41.6 Å². The monoisotopic (exact) mass is 307 g/mol. The van der Waals surface area contributed by atoms with E-state index in [9.17, 15) is 4.79 Å². The van der Waals surface area contributed by atoms with Crippen LogP contribution in [-0.4, -0.2) is 16.6 Å². The quantitative estimate of drug-likeness (QED) is 0.850. The molecule has 2 aromatic rings. The molecule has 104 valence electrons. The molecule has 1 heterocycles. The largest absolute Gasteiger partial charge is 0.397 e. The van der Waals surface area contributed by atoms with E-state index in [-0.39, 0.29) is 11.7 Å². The summed E-state index contributed by atoms with van der Waals surface area (Å²) in [6.45, 7) is 1.90. The number of benzene rings is 1. The topological polar surface area (TPSA) is 68.0 Å². The molecule has 0 aliphatic heterocycles. The molecule has 1 amide bonds. The van der Waals surface area contributed by atoms with Crippen LogP contribution in [-0.2, 0) is 4.79 Å². The number of carbonyl (C=O) groups is 1. The van der Waals surface area contributed by atoms with Crippen LogP contribution in [0.3, 0.4) is 0 Å². The van der Waals surface area contributed by atoms with Crippen molar-refractivity contribution in [2.45, 2.75) is 11.8 Å². The van der Waals surface area contributed by atoms with E-state index in [1.54, 1.807) is 30.6 Å². The Labute approximate surface area is 126 Å². The first-order chi connectivity index (χ1) is 9.56. The van der Waals surface area contributed by atoms with Crippen molar-refractivity contribution in [3.8, 4) is 0 Å². The number of nitrogens with two attached hydrogens (primary N) is 1. The number of anilines is 2. The summed E-state index contributed by atoms with van der Waals surface area (Å²) >= 11 is 7.26. The summed E-state index contributed by atoms with van der Waals surface area (Å²) in [5, 5.41) is 3.50. The Morgan fingerprint density at radius 1 is 1.45 bits per heavy atom. The number of nitrogens with zero attached hydrogens (tertiary/aromatic N) is 1. The maximum atomic E-state index is 11.9. The normalized spacial score (nSPS) is 10.3. The van der Waals surface area contributed by atoms with E-state index in [1.807, 2.05) is 13.0 Å². The number of thioether (sulfide) groups is 1. The third-order valence-corrected chi connectivity index (χ3v) is 3.96. The summed E-state index contributed by atoms with van der Waals surface area (Å²) < 4.78 is 0. The molecule has 0 atom stereocenters. The zero-order valence-electron chi connectivity index (χ0n) is 10.9. The number of rotatable bonds is 4. The minimum absolute atomic E-state index is 0.0864. The van der Waals surface area contributed by atoms with Gasteiger partial charge in [0.15, 0.2) is 0 Å². The molecule has 2 rings (SSSR count). The predicted molar refractivity (Wildman–Crippen MR) is 84.2 cm³/mol. The van der Waals surface area contributed by atoms with Crippen molar-refractivity contribution in [2.24, 2.45) is 0 Å². The van der Waals surface area contributed by atoms with Crippen LogP contribution in [0, 0.1) is 6.92 Å². The van der Waals surface area contributed by atoms with E-state index in [0.29, 0.717) is 10.7 Å². The fraction of sp³-hybridized carbons (Fsp3) is 0.143. The Hall–Kier alpha value is -1.72. The van der Waals surface area contributed by atoms with Crippen LogP contribution >= 0.6 is 23.4 Å². The number of hydrogen-bond donors (Lipinski definition) is 2. The van der Waals surface area contributed by atoms with E-state index < -0.39 is 0 Å². The molecule has 0 aliphatic rings. The lowest BCUT2D eigenvalue weighted by atomic mass is 10.2. The zero-order valence-corrected chi connectivity index (χ0v) is 12.5. The second-order valence-electron chi connectivity index (χ2n) is 4.21. The lowest BCUT2D eigenvalue weighted by Gasteiger charge is -2.09. The molecule has 20 heavy (non-hydrogen) atoms. The van der Waals surface area contributed by atoms with Gasteiger partial charge in [-0.2, -0.15) is 0 Å². The van der Waals surface area contributed by atoms with Gasteiger partial charge in [-0.25, -0.2) is 0 Å². The molecule has 0 saturated heterocycles. The Bertz CT molecular complexity index is 634. The number of pyridine rings is 1. The smallest absolute Gasteiger partial charge is 0.234 e. The number of amides is 1. The van der Waals surface area contributed by atoms with Crippen molar-refractivity contribution >= 4 is 40.6 Å². The third-order valence-electron chi connectivity index (χ3n) is 2.63. The fourth-order valence-corrected chi connectivity index (χ4v) is 2.58. The zero-order chi connectivity index (χ0) is 14.5. The second-order valence-corrected chi connectivity index (χ2v) is 5.66. The first-order valence-corrected chi connectivity index (χ1v) is 7.31. The summed E-state index contributed by atoms with van der Waals surface area (Å²) in [5.41, 5.74) is 8.04. The van der Waals surface area contributed by atoms with E-state index in [2.05, 4.69) is 10.3 Å². The van der Waals surface area contributed by atoms with Crippen LogP contribution in [0.1, 0.15) is 5.56 Å². The Morgan fingerprint density at radius 3 is 2.95 bits per heavy atom. The summed E-state index contributed by atoms with van der Waals surface area (Å²) in [4.78, 5) is 16.7. The average molecular weight is 308 g/mol. The second kappa shape index (κ2) is 6.63. The van der Waals surface area contributed by atoms with Gasteiger partial charge in [0.2, 0.25) is 5.91 Å². The van der Waals surface area contributed by atoms with Crippen LogP contribution in [0.4, 0.5) is 11.4 Å². The molecule has 0 unspecified atom stereocenters. The summed E-state index contributed by atoms with van der Waals surface area (Å²) in [6.07, 6.45) is 3.23. The van der Waals surface area contributed by atoms with Gasteiger partial charge in [0.05, 0.1) is 17.6 Å². The number of hydrogen-bond acceptors (Lipinski definition) is 4. The Morgan fingerprint density at radius 2 is 2.25 bits per heavy atom. The van der Waals surface area contributed by atoms with Gasteiger partial charge in [0.1, 0.15) is 0 Å². The predicted octanol–water partition coefficient (Wildman–Crippen LogP) is 3.36. The molecule has 0 aliphatic carbocycles. The summed E-state index contributed by atoms with van der Waals surface area (Å²) in [6, 6.07) is 7.14. The van der Waals surface area contributed by atoms with E-state index >= 15 is 0 Å². The number of aryl methyl sites for hydroxylation is 1. The van der Waals surface area contributed by atoms with Gasteiger partial charge < -0.3 is 11.1 Å². The third kappa shape index (κ3) is 3.88. The fourth-order valence-electron chi connectivity index (χ4n) is 1.62. The molecule has 6 heteroatoms. The van der Waals surface area contributed by atoms with Crippen molar-refractivity contribution in [1.82, 2.24) is 4.98 Å². The van der Waals surface area contributed by atoms with Gasteiger partial charge in [-0.1, -0.05) is 11.6 Å².